The van der Waals surface area contributed by atoms with Gasteiger partial charge in [-0.15, -0.1) is 0 Å². The average Bonchev–Trinajstić information content (AvgIpc) is 3.38. The molecule has 0 saturated carbocycles. The van der Waals surface area contributed by atoms with Gasteiger partial charge in [0.25, 0.3) is 11.5 Å². The van der Waals surface area contributed by atoms with Crippen LogP contribution in [0.4, 0.5) is 5.82 Å². The van der Waals surface area contributed by atoms with E-state index in [0.29, 0.717) is 45.5 Å². The first kappa shape index (κ1) is 19.7. The fourth-order valence-corrected chi connectivity index (χ4v) is 3.34. The zero-order valence-electron chi connectivity index (χ0n) is 16.3. The maximum absolute atomic E-state index is 12.8. The largest absolute Gasteiger partial charge is 0.463 e. The first-order valence-electron chi connectivity index (χ1n) is 9.28. The molecule has 152 valence electrons. The zero-order chi connectivity index (χ0) is 21.3. The molecule has 0 aliphatic carbocycles. The van der Waals surface area contributed by atoms with Gasteiger partial charge in [-0.2, -0.15) is 9.78 Å². The van der Waals surface area contributed by atoms with Crippen LogP contribution in [-0.4, -0.2) is 25.7 Å². The van der Waals surface area contributed by atoms with Crippen molar-refractivity contribution in [3.8, 4) is 17.4 Å². The predicted octanol–water partition coefficient (Wildman–Crippen LogP) is 3.99. The molecule has 2 N–H and O–H groups in total. The number of anilines is 1. The molecule has 30 heavy (non-hydrogen) atoms. The van der Waals surface area contributed by atoms with Crippen LogP contribution < -0.4 is 10.9 Å². The molecule has 0 aliphatic rings. The first-order valence-corrected chi connectivity index (χ1v) is 9.65. The maximum atomic E-state index is 12.8. The molecular weight excluding hydrogens is 406 g/mol. The minimum atomic E-state index is -0.419. The van der Waals surface area contributed by atoms with Crippen molar-refractivity contribution in [2.24, 2.45) is 0 Å². The van der Waals surface area contributed by atoms with Crippen molar-refractivity contribution in [2.75, 3.05) is 5.32 Å². The van der Waals surface area contributed by atoms with Crippen molar-refractivity contribution < 1.29 is 9.21 Å². The smallest absolute Gasteiger partial charge is 0.258 e. The number of furan rings is 1. The number of aromatic amines is 1. The second-order valence-electron chi connectivity index (χ2n) is 6.54. The van der Waals surface area contributed by atoms with E-state index in [2.05, 4.69) is 20.4 Å². The van der Waals surface area contributed by atoms with Crippen LogP contribution in [0.25, 0.3) is 17.4 Å². The van der Waals surface area contributed by atoms with Gasteiger partial charge in [0.2, 0.25) is 5.95 Å². The van der Waals surface area contributed by atoms with Gasteiger partial charge in [0.1, 0.15) is 11.5 Å². The van der Waals surface area contributed by atoms with Gasteiger partial charge in [-0.1, -0.05) is 30.7 Å². The fraction of sp³-hybridized carbons (Fsp3) is 0.143. The first-order chi connectivity index (χ1) is 14.5. The lowest BCUT2D eigenvalue weighted by Crippen LogP contribution is -2.22. The molecule has 3 aromatic heterocycles. The minimum absolute atomic E-state index is 0.182. The Balaban J connectivity index is 1.81. The molecule has 0 bridgehead atoms. The Bertz CT molecular complexity index is 1270. The van der Waals surface area contributed by atoms with Crippen LogP contribution in [0, 0.1) is 6.92 Å². The van der Waals surface area contributed by atoms with E-state index in [-0.39, 0.29) is 11.5 Å². The molecule has 0 aliphatic heterocycles. The third-order valence-corrected chi connectivity index (χ3v) is 4.94. The number of carbonyl (C=O) groups is 1. The van der Waals surface area contributed by atoms with Crippen LogP contribution in [-0.2, 0) is 6.42 Å². The number of amides is 1. The van der Waals surface area contributed by atoms with Crippen LogP contribution in [0.15, 0.2) is 57.9 Å². The van der Waals surface area contributed by atoms with Crippen LogP contribution in [0.5, 0.6) is 0 Å². The number of nitrogens with zero attached hydrogens (tertiary/aromatic N) is 3. The van der Waals surface area contributed by atoms with Gasteiger partial charge in [0.15, 0.2) is 5.76 Å². The van der Waals surface area contributed by atoms with E-state index in [9.17, 15) is 9.59 Å². The number of rotatable bonds is 5. The summed E-state index contributed by atoms with van der Waals surface area (Å²) in [6.45, 7) is 3.65. The molecule has 1 aromatic carbocycles. The summed E-state index contributed by atoms with van der Waals surface area (Å²) < 4.78 is 6.78. The molecule has 8 nitrogen and oxygen atoms in total. The summed E-state index contributed by atoms with van der Waals surface area (Å²) >= 11 is 6.15. The number of halogens is 1. The summed E-state index contributed by atoms with van der Waals surface area (Å²) in [7, 11) is 0. The lowest BCUT2D eigenvalue weighted by atomic mass is 10.2. The van der Waals surface area contributed by atoms with Gasteiger partial charge >= 0.3 is 0 Å². The number of benzene rings is 1. The predicted molar refractivity (Wildman–Crippen MR) is 113 cm³/mol. The van der Waals surface area contributed by atoms with Crippen LogP contribution >= 0.6 is 11.6 Å². The highest BCUT2D eigenvalue weighted by atomic mass is 35.5. The summed E-state index contributed by atoms with van der Waals surface area (Å²) in [6.07, 6.45) is 2.08. The van der Waals surface area contributed by atoms with Gasteiger partial charge in [-0.3, -0.25) is 14.6 Å². The normalized spacial score (nSPS) is 10.9. The van der Waals surface area contributed by atoms with Crippen molar-refractivity contribution in [3.05, 3.63) is 80.9 Å². The SMILES string of the molecule is CCc1c(C)nc(-n2nc(-c3ccco3)cc2NC(=O)c2ccccc2Cl)[nH]c1=O. The molecule has 4 aromatic rings. The van der Waals surface area contributed by atoms with E-state index in [1.165, 1.54) is 10.9 Å². The van der Waals surface area contributed by atoms with Crippen molar-refractivity contribution >= 4 is 23.3 Å². The van der Waals surface area contributed by atoms with Gasteiger partial charge in [0.05, 0.1) is 16.8 Å². The monoisotopic (exact) mass is 423 g/mol. The molecule has 0 fully saturated rings. The standard InChI is InChI=1S/C21H18ClN5O3/c1-3-13-12(2)23-21(25-19(13)28)27-18(11-16(26-27)17-9-6-10-30-17)24-20(29)14-7-4-5-8-15(14)22/h4-11H,3H2,1-2H3,(H,24,29)(H,23,25,28). The van der Waals surface area contributed by atoms with Crippen LogP contribution in [0.2, 0.25) is 5.02 Å². The van der Waals surface area contributed by atoms with Crippen LogP contribution in [0.1, 0.15) is 28.5 Å². The molecule has 0 saturated heterocycles. The average molecular weight is 424 g/mol. The van der Waals surface area contributed by atoms with E-state index < -0.39 is 5.91 Å². The summed E-state index contributed by atoms with van der Waals surface area (Å²) in [5.41, 5.74) is 1.71. The van der Waals surface area contributed by atoms with Crippen molar-refractivity contribution in [3.63, 3.8) is 0 Å². The topological polar surface area (TPSA) is 106 Å². The molecule has 9 heteroatoms. The number of hydrogen-bond donors (Lipinski definition) is 2. The maximum Gasteiger partial charge on any atom is 0.258 e. The van der Waals surface area contributed by atoms with Crippen molar-refractivity contribution in [1.82, 2.24) is 19.7 Å². The summed E-state index contributed by atoms with van der Waals surface area (Å²) in [5.74, 6) is 0.573. The van der Waals surface area contributed by atoms with E-state index in [1.54, 1.807) is 49.4 Å². The second kappa shape index (κ2) is 8.00. The number of aromatic nitrogens is 4. The minimum Gasteiger partial charge on any atom is -0.463 e. The summed E-state index contributed by atoms with van der Waals surface area (Å²) in [4.78, 5) is 32.4. The molecular formula is C21H18ClN5O3. The van der Waals surface area contributed by atoms with E-state index in [1.807, 2.05) is 6.92 Å². The Morgan fingerprint density at radius 1 is 1.27 bits per heavy atom. The molecule has 0 unspecified atom stereocenters. The fourth-order valence-electron chi connectivity index (χ4n) is 3.12. The van der Waals surface area contributed by atoms with Gasteiger partial charge in [-0.25, -0.2) is 4.98 Å². The second-order valence-corrected chi connectivity index (χ2v) is 6.95. The number of carbonyl (C=O) groups excluding carboxylic acids is 1. The molecule has 1 amide bonds. The van der Waals surface area contributed by atoms with Crippen molar-refractivity contribution in [2.45, 2.75) is 20.3 Å². The molecule has 3 heterocycles. The van der Waals surface area contributed by atoms with Crippen LogP contribution in [0.3, 0.4) is 0 Å². The van der Waals surface area contributed by atoms with E-state index >= 15 is 0 Å². The lowest BCUT2D eigenvalue weighted by molar-refractivity contribution is 0.102. The highest BCUT2D eigenvalue weighted by Gasteiger charge is 2.19. The molecule has 0 atom stereocenters. The number of H-pyrrole nitrogens is 1. The highest BCUT2D eigenvalue weighted by molar-refractivity contribution is 6.34. The lowest BCUT2D eigenvalue weighted by Gasteiger charge is -2.10. The Hall–Kier alpha value is -3.65. The third-order valence-electron chi connectivity index (χ3n) is 4.61. The number of hydrogen-bond acceptors (Lipinski definition) is 5. The number of nitrogens with one attached hydrogen (secondary N) is 2. The number of aryl methyl sites for hydroxylation is 1. The summed E-state index contributed by atoms with van der Waals surface area (Å²) in [5, 5.41) is 7.58. The Kier molecular flexibility index (Phi) is 5.24. The Labute approximate surface area is 176 Å². The van der Waals surface area contributed by atoms with Gasteiger partial charge < -0.3 is 9.73 Å². The summed E-state index contributed by atoms with van der Waals surface area (Å²) in [6, 6.07) is 11.8. The van der Waals surface area contributed by atoms with Gasteiger partial charge in [-0.05, 0) is 37.6 Å². The Morgan fingerprint density at radius 2 is 2.07 bits per heavy atom. The highest BCUT2D eigenvalue weighted by Crippen LogP contribution is 2.25. The Morgan fingerprint density at radius 3 is 2.73 bits per heavy atom. The molecule has 4 rings (SSSR count). The quantitative estimate of drug-likeness (QED) is 0.504. The van der Waals surface area contributed by atoms with E-state index in [4.69, 9.17) is 16.0 Å². The van der Waals surface area contributed by atoms with Crippen molar-refractivity contribution in [1.29, 1.82) is 0 Å². The third kappa shape index (κ3) is 3.65. The zero-order valence-corrected chi connectivity index (χ0v) is 17.0. The molecule has 0 spiro atoms. The molecule has 0 radical (unpaired) electrons. The van der Waals surface area contributed by atoms with Gasteiger partial charge in [0, 0.05) is 17.3 Å². The van der Waals surface area contributed by atoms with E-state index in [0.717, 1.165) is 0 Å².